The molecular formula is C24H29NO. The number of carbonyl (C=O) groups is 1. The summed E-state index contributed by atoms with van der Waals surface area (Å²) in [6.45, 7) is 4.39. The van der Waals surface area contributed by atoms with Gasteiger partial charge in [0.1, 0.15) is 0 Å². The van der Waals surface area contributed by atoms with E-state index in [1.165, 1.54) is 23.6 Å². The van der Waals surface area contributed by atoms with E-state index in [4.69, 9.17) is 0 Å². The van der Waals surface area contributed by atoms with Crippen molar-refractivity contribution in [3.05, 3.63) is 60.2 Å². The van der Waals surface area contributed by atoms with Crippen molar-refractivity contribution >= 4 is 27.3 Å². The summed E-state index contributed by atoms with van der Waals surface area (Å²) in [5, 5.41) is 8.11. The van der Waals surface area contributed by atoms with Gasteiger partial charge in [-0.1, -0.05) is 62.2 Å². The minimum Gasteiger partial charge on any atom is -0.317 e. The number of hydrogen-bond donors (Lipinski definition) is 1. The largest absolute Gasteiger partial charge is 0.317 e. The number of ketones is 1. The van der Waals surface area contributed by atoms with E-state index >= 15 is 0 Å². The molecule has 0 saturated heterocycles. The second-order valence-corrected chi connectivity index (χ2v) is 7.06. The van der Waals surface area contributed by atoms with Crippen LogP contribution in [0.15, 0.2) is 54.6 Å². The van der Waals surface area contributed by atoms with Gasteiger partial charge < -0.3 is 5.32 Å². The normalized spacial score (nSPS) is 11.3. The molecule has 0 aliphatic carbocycles. The van der Waals surface area contributed by atoms with Crippen molar-refractivity contribution in [1.82, 2.24) is 5.32 Å². The molecular weight excluding hydrogens is 318 g/mol. The summed E-state index contributed by atoms with van der Waals surface area (Å²) < 4.78 is 0. The van der Waals surface area contributed by atoms with E-state index in [9.17, 15) is 4.79 Å². The van der Waals surface area contributed by atoms with Crippen LogP contribution in [0.3, 0.4) is 0 Å². The van der Waals surface area contributed by atoms with Gasteiger partial charge in [-0.05, 0) is 66.0 Å². The summed E-state index contributed by atoms with van der Waals surface area (Å²) in [5.41, 5.74) is 0.870. The molecule has 0 bridgehead atoms. The number of carbonyl (C=O) groups excluding carboxylic acids is 1. The van der Waals surface area contributed by atoms with E-state index in [1.54, 1.807) is 0 Å². The predicted molar refractivity (Wildman–Crippen MR) is 112 cm³/mol. The van der Waals surface area contributed by atoms with Gasteiger partial charge in [-0.2, -0.15) is 0 Å². The Morgan fingerprint density at radius 3 is 2.35 bits per heavy atom. The van der Waals surface area contributed by atoms with E-state index in [-0.39, 0.29) is 5.78 Å². The number of benzene rings is 3. The van der Waals surface area contributed by atoms with Crippen LogP contribution in [0.4, 0.5) is 0 Å². The van der Waals surface area contributed by atoms with Gasteiger partial charge in [0.25, 0.3) is 0 Å². The highest BCUT2D eigenvalue weighted by Gasteiger charge is 2.10. The number of nitrogens with one attached hydrogen (secondary N) is 1. The maximum absolute atomic E-state index is 12.8. The molecule has 0 unspecified atom stereocenters. The molecule has 3 aromatic carbocycles. The van der Waals surface area contributed by atoms with Crippen LogP contribution < -0.4 is 5.32 Å². The van der Waals surface area contributed by atoms with Crippen LogP contribution in [-0.4, -0.2) is 18.9 Å². The number of Topliss-reactive ketones (excluding diaryl/α,β-unsaturated/α-hetero) is 1. The van der Waals surface area contributed by atoms with E-state index in [2.05, 4.69) is 48.6 Å². The Morgan fingerprint density at radius 2 is 1.54 bits per heavy atom. The molecule has 2 heteroatoms. The van der Waals surface area contributed by atoms with E-state index in [0.29, 0.717) is 6.42 Å². The fraction of sp³-hybridized carbons (Fsp3) is 0.375. The predicted octanol–water partition coefficient (Wildman–Crippen LogP) is 6.13. The van der Waals surface area contributed by atoms with Crippen molar-refractivity contribution in [2.24, 2.45) is 0 Å². The van der Waals surface area contributed by atoms with Gasteiger partial charge in [0.15, 0.2) is 5.78 Å². The van der Waals surface area contributed by atoms with Crippen LogP contribution >= 0.6 is 0 Å². The van der Waals surface area contributed by atoms with Gasteiger partial charge in [0.2, 0.25) is 0 Å². The first-order valence-electron chi connectivity index (χ1n) is 9.95. The van der Waals surface area contributed by atoms with Gasteiger partial charge in [-0.15, -0.1) is 0 Å². The molecule has 0 fully saturated rings. The van der Waals surface area contributed by atoms with Crippen LogP contribution in [0.5, 0.6) is 0 Å². The molecule has 0 saturated carbocycles. The lowest BCUT2D eigenvalue weighted by Crippen LogP contribution is -2.16. The van der Waals surface area contributed by atoms with Gasteiger partial charge in [-0.3, -0.25) is 4.79 Å². The Hall–Kier alpha value is -2.19. The number of hydrogen-bond acceptors (Lipinski definition) is 2. The van der Waals surface area contributed by atoms with Crippen molar-refractivity contribution in [1.29, 1.82) is 0 Å². The van der Waals surface area contributed by atoms with Crippen LogP contribution in [0.2, 0.25) is 0 Å². The molecule has 0 amide bonds. The van der Waals surface area contributed by atoms with Crippen LogP contribution in [-0.2, 0) is 0 Å². The summed E-state index contributed by atoms with van der Waals surface area (Å²) in [4.78, 5) is 12.8. The molecule has 0 heterocycles. The van der Waals surface area contributed by atoms with E-state index < -0.39 is 0 Å². The number of fused-ring (bicyclic) bond motifs is 2. The average molecular weight is 348 g/mol. The molecule has 0 radical (unpaired) electrons. The SMILES string of the molecule is CCCCNCCCCCC(=O)c1cccc2cc3ccccc3cc12. The maximum Gasteiger partial charge on any atom is 0.163 e. The van der Waals surface area contributed by atoms with Gasteiger partial charge >= 0.3 is 0 Å². The first-order valence-corrected chi connectivity index (χ1v) is 9.95. The lowest BCUT2D eigenvalue weighted by Gasteiger charge is -2.08. The van der Waals surface area contributed by atoms with Gasteiger partial charge in [0, 0.05) is 12.0 Å². The van der Waals surface area contributed by atoms with E-state index in [0.717, 1.165) is 48.7 Å². The highest BCUT2D eigenvalue weighted by atomic mass is 16.1. The molecule has 3 aromatic rings. The van der Waals surface area contributed by atoms with Crippen molar-refractivity contribution in [3.63, 3.8) is 0 Å². The van der Waals surface area contributed by atoms with Gasteiger partial charge in [0.05, 0.1) is 0 Å². The minimum absolute atomic E-state index is 0.268. The molecule has 1 N–H and O–H groups in total. The topological polar surface area (TPSA) is 29.1 Å². The average Bonchev–Trinajstić information content (AvgIpc) is 2.67. The fourth-order valence-corrected chi connectivity index (χ4v) is 3.48. The van der Waals surface area contributed by atoms with Crippen LogP contribution in [0.25, 0.3) is 21.5 Å². The Balaban J connectivity index is 1.60. The lowest BCUT2D eigenvalue weighted by molar-refractivity contribution is 0.0981. The highest BCUT2D eigenvalue weighted by Crippen LogP contribution is 2.26. The maximum atomic E-state index is 12.8. The highest BCUT2D eigenvalue weighted by molar-refractivity contribution is 6.11. The third kappa shape index (κ3) is 4.70. The Morgan fingerprint density at radius 1 is 0.808 bits per heavy atom. The van der Waals surface area contributed by atoms with Crippen LogP contribution in [0, 0.1) is 0 Å². The van der Waals surface area contributed by atoms with Crippen molar-refractivity contribution in [3.8, 4) is 0 Å². The second kappa shape index (κ2) is 9.49. The third-order valence-electron chi connectivity index (χ3n) is 5.01. The first-order chi connectivity index (χ1) is 12.8. The molecule has 0 aromatic heterocycles. The zero-order chi connectivity index (χ0) is 18.2. The smallest absolute Gasteiger partial charge is 0.163 e. The second-order valence-electron chi connectivity index (χ2n) is 7.06. The summed E-state index contributed by atoms with van der Waals surface area (Å²) >= 11 is 0. The molecule has 0 aliphatic rings. The van der Waals surface area contributed by atoms with Crippen LogP contribution in [0.1, 0.15) is 55.8 Å². The zero-order valence-corrected chi connectivity index (χ0v) is 15.8. The van der Waals surface area contributed by atoms with Gasteiger partial charge in [-0.25, -0.2) is 0 Å². The third-order valence-corrected chi connectivity index (χ3v) is 5.01. The quantitative estimate of drug-likeness (QED) is 0.272. The van der Waals surface area contributed by atoms with Crippen molar-refractivity contribution in [2.75, 3.05) is 13.1 Å². The summed E-state index contributed by atoms with van der Waals surface area (Å²) in [6, 6.07) is 18.8. The molecule has 3 rings (SSSR count). The molecule has 0 spiro atoms. The Bertz CT molecular complexity index is 868. The van der Waals surface area contributed by atoms with Crippen molar-refractivity contribution in [2.45, 2.75) is 45.4 Å². The Labute approximate surface area is 156 Å². The summed E-state index contributed by atoms with van der Waals surface area (Å²) in [5.74, 6) is 0.268. The monoisotopic (exact) mass is 347 g/mol. The van der Waals surface area contributed by atoms with E-state index in [1.807, 2.05) is 18.2 Å². The molecule has 0 aliphatic heterocycles. The zero-order valence-electron chi connectivity index (χ0n) is 15.8. The summed E-state index contributed by atoms with van der Waals surface area (Å²) in [6.07, 6.45) is 6.35. The fourth-order valence-electron chi connectivity index (χ4n) is 3.48. The lowest BCUT2D eigenvalue weighted by atomic mass is 9.96. The molecule has 2 nitrogen and oxygen atoms in total. The molecule has 0 atom stereocenters. The standard InChI is InChI=1S/C24H29NO/c1-2-3-15-25-16-8-4-5-14-24(26)22-13-9-12-21-17-19-10-6-7-11-20(19)18-23(21)22/h6-7,9-13,17-18,25H,2-5,8,14-16H2,1H3. The first kappa shape index (κ1) is 18.6. The minimum atomic E-state index is 0.268. The van der Waals surface area contributed by atoms with Crippen molar-refractivity contribution < 1.29 is 4.79 Å². The number of unbranched alkanes of at least 4 members (excludes halogenated alkanes) is 3. The Kier molecular flexibility index (Phi) is 6.79. The molecule has 26 heavy (non-hydrogen) atoms. The number of rotatable bonds is 10. The molecule has 136 valence electrons. The summed E-state index contributed by atoms with van der Waals surface area (Å²) in [7, 11) is 0.